The van der Waals surface area contributed by atoms with Crippen LogP contribution in [0, 0.1) is 6.92 Å². The number of benzene rings is 2. The summed E-state index contributed by atoms with van der Waals surface area (Å²) < 4.78 is 6.05. The van der Waals surface area contributed by atoms with Crippen molar-refractivity contribution in [2.75, 3.05) is 26.3 Å². The molecule has 0 aliphatic heterocycles. The second-order valence-corrected chi connectivity index (χ2v) is 5.35. The van der Waals surface area contributed by atoms with Gasteiger partial charge in [0.15, 0.2) is 0 Å². The molecule has 2 aromatic rings. The van der Waals surface area contributed by atoms with Crippen molar-refractivity contribution in [2.45, 2.75) is 19.8 Å². The van der Waals surface area contributed by atoms with Gasteiger partial charge >= 0.3 is 0 Å². The van der Waals surface area contributed by atoms with Crippen molar-refractivity contribution in [1.29, 1.82) is 0 Å². The normalized spacial score (nSPS) is 10.6. The molecule has 0 saturated carbocycles. The summed E-state index contributed by atoms with van der Waals surface area (Å²) >= 11 is 0. The van der Waals surface area contributed by atoms with Crippen molar-refractivity contribution < 1.29 is 9.84 Å². The third-order valence-electron chi connectivity index (χ3n) is 3.58. The SMILES string of the molecule is Cc1cccc(-c2ccccc2)c1OCCCCNCCO. The zero-order valence-electron chi connectivity index (χ0n) is 13.2. The van der Waals surface area contributed by atoms with Gasteiger partial charge < -0.3 is 15.2 Å². The van der Waals surface area contributed by atoms with Gasteiger partial charge in [0.25, 0.3) is 0 Å². The van der Waals surface area contributed by atoms with E-state index in [0.29, 0.717) is 13.2 Å². The largest absolute Gasteiger partial charge is 0.493 e. The molecule has 0 bridgehead atoms. The standard InChI is InChI=1S/C19H25NO2/c1-16-8-7-11-18(17-9-3-2-4-10-17)19(16)22-15-6-5-12-20-13-14-21/h2-4,7-11,20-21H,5-6,12-15H2,1H3. The van der Waals surface area contributed by atoms with Crippen molar-refractivity contribution >= 4 is 0 Å². The monoisotopic (exact) mass is 299 g/mol. The number of hydrogen-bond acceptors (Lipinski definition) is 3. The third-order valence-corrected chi connectivity index (χ3v) is 3.58. The van der Waals surface area contributed by atoms with Gasteiger partial charge in [0, 0.05) is 12.1 Å². The second-order valence-electron chi connectivity index (χ2n) is 5.35. The van der Waals surface area contributed by atoms with Gasteiger partial charge in [-0.1, -0.05) is 48.5 Å². The molecule has 0 aromatic heterocycles. The van der Waals surface area contributed by atoms with Crippen LogP contribution in [0.1, 0.15) is 18.4 Å². The predicted octanol–water partition coefficient (Wildman–Crippen LogP) is 3.40. The smallest absolute Gasteiger partial charge is 0.130 e. The topological polar surface area (TPSA) is 41.5 Å². The minimum absolute atomic E-state index is 0.195. The number of aryl methyl sites for hydroxylation is 1. The fraction of sp³-hybridized carbons (Fsp3) is 0.368. The summed E-state index contributed by atoms with van der Waals surface area (Å²) in [7, 11) is 0. The van der Waals surface area contributed by atoms with E-state index in [9.17, 15) is 0 Å². The molecular formula is C19H25NO2. The Morgan fingerprint density at radius 3 is 2.55 bits per heavy atom. The molecule has 0 atom stereocenters. The maximum atomic E-state index is 8.70. The third kappa shape index (κ3) is 4.86. The number of para-hydroxylation sites is 1. The summed E-state index contributed by atoms with van der Waals surface area (Å²) in [4.78, 5) is 0. The lowest BCUT2D eigenvalue weighted by Gasteiger charge is -2.14. The van der Waals surface area contributed by atoms with Crippen LogP contribution in [0.15, 0.2) is 48.5 Å². The van der Waals surface area contributed by atoms with E-state index in [0.717, 1.165) is 30.7 Å². The van der Waals surface area contributed by atoms with Crippen LogP contribution in [-0.4, -0.2) is 31.4 Å². The van der Waals surface area contributed by atoms with Gasteiger partial charge in [-0.15, -0.1) is 0 Å². The highest BCUT2D eigenvalue weighted by atomic mass is 16.5. The lowest BCUT2D eigenvalue weighted by atomic mass is 10.0. The van der Waals surface area contributed by atoms with Crippen LogP contribution in [0.4, 0.5) is 0 Å². The van der Waals surface area contributed by atoms with Gasteiger partial charge in [-0.2, -0.15) is 0 Å². The highest BCUT2D eigenvalue weighted by molar-refractivity contribution is 5.71. The molecule has 0 heterocycles. The van der Waals surface area contributed by atoms with Crippen LogP contribution in [0.5, 0.6) is 5.75 Å². The van der Waals surface area contributed by atoms with Crippen molar-refractivity contribution in [1.82, 2.24) is 5.32 Å². The highest BCUT2D eigenvalue weighted by Crippen LogP contribution is 2.32. The highest BCUT2D eigenvalue weighted by Gasteiger charge is 2.08. The summed E-state index contributed by atoms with van der Waals surface area (Å²) in [6.07, 6.45) is 2.05. The molecule has 0 aliphatic rings. The number of unbranched alkanes of at least 4 members (excludes halogenated alkanes) is 1. The fourth-order valence-electron chi connectivity index (χ4n) is 2.42. The van der Waals surface area contributed by atoms with Crippen molar-refractivity contribution in [3.63, 3.8) is 0 Å². The Bertz CT molecular complexity index is 555. The molecule has 3 nitrogen and oxygen atoms in total. The molecule has 2 aromatic carbocycles. The van der Waals surface area contributed by atoms with Crippen LogP contribution >= 0.6 is 0 Å². The number of nitrogens with one attached hydrogen (secondary N) is 1. The van der Waals surface area contributed by atoms with Crippen LogP contribution in [-0.2, 0) is 0 Å². The number of ether oxygens (including phenoxy) is 1. The summed E-state index contributed by atoms with van der Waals surface area (Å²) in [6, 6.07) is 16.6. The maximum Gasteiger partial charge on any atom is 0.130 e. The van der Waals surface area contributed by atoms with Crippen molar-refractivity contribution in [3.8, 4) is 16.9 Å². The molecule has 0 fully saturated rings. The maximum absolute atomic E-state index is 8.70. The van der Waals surface area contributed by atoms with Crippen LogP contribution in [0.3, 0.4) is 0 Å². The van der Waals surface area contributed by atoms with E-state index in [1.165, 1.54) is 11.1 Å². The molecule has 0 unspecified atom stereocenters. The average molecular weight is 299 g/mol. The van der Waals surface area contributed by atoms with Gasteiger partial charge in [-0.25, -0.2) is 0 Å². The van der Waals surface area contributed by atoms with E-state index < -0.39 is 0 Å². The molecule has 0 aliphatic carbocycles. The van der Waals surface area contributed by atoms with Crippen LogP contribution < -0.4 is 10.1 Å². The Morgan fingerprint density at radius 2 is 1.77 bits per heavy atom. The van der Waals surface area contributed by atoms with E-state index in [-0.39, 0.29) is 6.61 Å². The summed E-state index contributed by atoms with van der Waals surface area (Å²) in [6.45, 7) is 4.58. The van der Waals surface area contributed by atoms with Gasteiger partial charge in [-0.05, 0) is 37.4 Å². The molecule has 2 N–H and O–H groups in total. The van der Waals surface area contributed by atoms with E-state index in [4.69, 9.17) is 9.84 Å². The Balaban J connectivity index is 1.93. The fourth-order valence-corrected chi connectivity index (χ4v) is 2.42. The van der Waals surface area contributed by atoms with Gasteiger partial charge in [0.05, 0.1) is 13.2 Å². The minimum Gasteiger partial charge on any atom is -0.493 e. The second kappa shape index (κ2) is 9.23. The number of hydrogen-bond donors (Lipinski definition) is 2. The summed E-state index contributed by atoms with van der Waals surface area (Å²) in [5, 5.41) is 11.9. The number of aliphatic hydroxyl groups is 1. The summed E-state index contributed by atoms with van der Waals surface area (Å²) in [5.74, 6) is 0.983. The van der Waals surface area contributed by atoms with E-state index in [1.54, 1.807) is 0 Å². The quantitative estimate of drug-likeness (QED) is 0.697. The van der Waals surface area contributed by atoms with E-state index in [1.807, 2.05) is 18.2 Å². The molecular weight excluding hydrogens is 274 g/mol. The molecule has 0 radical (unpaired) electrons. The van der Waals surface area contributed by atoms with Crippen molar-refractivity contribution in [2.24, 2.45) is 0 Å². The first-order chi connectivity index (χ1) is 10.8. The van der Waals surface area contributed by atoms with E-state index >= 15 is 0 Å². The summed E-state index contributed by atoms with van der Waals surface area (Å²) in [5.41, 5.74) is 3.50. The molecule has 2 rings (SSSR count). The van der Waals surface area contributed by atoms with Gasteiger partial charge in [0.2, 0.25) is 0 Å². The van der Waals surface area contributed by atoms with Gasteiger partial charge in [-0.3, -0.25) is 0 Å². The van der Waals surface area contributed by atoms with Crippen LogP contribution in [0.25, 0.3) is 11.1 Å². The first kappa shape index (κ1) is 16.5. The Morgan fingerprint density at radius 1 is 0.955 bits per heavy atom. The number of rotatable bonds is 9. The first-order valence-electron chi connectivity index (χ1n) is 7.92. The minimum atomic E-state index is 0.195. The molecule has 118 valence electrons. The molecule has 0 saturated heterocycles. The Labute approximate surface area is 133 Å². The van der Waals surface area contributed by atoms with Crippen molar-refractivity contribution in [3.05, 3.63) is 54.1 Å². The molecule has 3 heteroatoms. The van der Waals surface area contributed by atoms with E-state index in [2.05, 4.69) is 42.6 Å². The number of aliphatic hydroxyl groups excluding tert-OH is 1. The molecule has 0 spiro atoms. The Kier molecular flexibility index (Phi) is 6.94. The predicted molar refractivity (Wildman–Crippen MR) is 91.3 cm³/mol. The lowest BCUT2D eigenvalue weighted by Crippen LogP contribution is -2.19. The zero-order chi connectivity index (χ0) is 15.6. The molecule has 22 heavy (non-hydrogen) atoms. The molecule has 0 amide bonds. The first-order valence-corrected chi connectivity index (χ1v) is 7.92. The zero-order valence-corrected chi connectivity index (χ0v) is 13.2. The lowest BCUT2D eigenvalue weighted by molar-refractivity contribution is 0.286. The van der Waals surface area contributed by atoms with Gasteiger partial charge in [0.1, 0.15) is 5.75 Å². The Hall–Kier alpha value is -1.84. The average Bonchev–Trinajstić information content (AvgIpc) is 2.56. The van der Waals surface area contributed by atoms with Crippen LogP contribution in [0.2, 0.25) is 0 Å².